The maximum absolute atomic E-state index is 13.7. The summed E-state index contributed by atoms with van der Waals surface area (Å²) in [6.45, 7) is 1.87. The molecule has 3 aromatic rings. The summed E-state index contributed by atoms with van der Waals surface area (Å²) in [5.74, 6) is -0.878. The van der Waals surface area contributed by atoms with Crippen LogP contribution in [0.25, 0.3) is 0 Å². The fourth-order valence-electron chi connectivity index (χ4n) is 2.78. The first-order valence-electron chi connectivity index (χ1n) is 9.02. The second kappa shape index (κ2) is 8.98. The molecule has 0 aliphatic heterocycles. The van der Waals surface area contributed by atoms with Crippen molar-refractivity contribution in [3.05, 3.63) is 101 Å². The summed E-state index contributed by atoms with van der Waals surface area (Å²) in [6, 6.07) is 19.7. The molecule has 1 amide bonds. The lowest BCUT2D eigenvalue weighted by molar-refractivity contribution is 0.0949. The van der Waals surface area contributed by atoms with E-state index in [4.69, 9.17) is 0 Å². The second-order valence-corrected chi connectivity index (χ2v) is 8.33. The summed E-state index contributed by atoms with van der Waals surface area (Å²) in [7, 11) is -3.80. The molecule has 0 radical (unpaired) electrons. The molecule has 150 valence electrons. The molecule has 0 bridgehead atoms. The van der Waals surface area contributed by atoms with Gasteiger partial charge in [-0.15, -0.1) is 0 Å². The summed E-state index contributed by atoms with van der Waals surface area (Å²) in [5.41, 5.74) is 2.03. The van der Waals surface area contributed by atoms with Crippen molar-refractivity contribution in [2.45, 2.75) is 24.9 Å². The van der Waals surface area contributed by atoms with Gasteiger partial charge in [-0.05, 0) is 36.2 Å². The highest BCUT2D eigenvalue weighted by Crippen LogP contribution is 2.17. The number of halogens is 1. The number of hydrogen-bond donors (Lipinski definition) is 2. The van der Waals surface area contributed by atoms with Gasteiger partial charge in [-0.2, -0.15) is 0 Å². The number of aryl methyl sites for hydroxylation is 1. The van der Waals surface area contributed by atoms with Gasteiger partial charge in [0.2, 0.25) is 10.0 Å². The number of carbonyl (C=O) groups excluding carboxylic acids is 1. The highest BCUT2D eigenvalue weighted by atomic mass is 32.2. The number of carbonyl (C=O) groups is 1. The van der Waals surface area contributed by atoms with Crippen molar-refractivity contribution in [3.63, 3.8) is 0 Å². The average molecular weight is 412 g/mol. The van der Waals surface area contributed by atoms with Crippen molar-refractivity contribution < 1.29 is 17.6 Å². The van der Waals surface area contributed by atoms with Crippen LogP contribution in [0.15, 0.2) is 77.7 Å². The molecule has 0 saturated carbocycles. The minimum absolute atomic E-state index is 0.00456. The molecule has 0 aliphatic rings. The number of benzene rings is 3. The van der Waals surface area contributed by atoms with E-state index in [-0.39, 0.29) is 23.5 Å². The fraction of sp³-hybridized carbons (Fsp3) is 0.136. The summed E-state index contributed by atoms with van der Waals surface area (Å²) in [6.07, 6.45) is 0. The summed E-state index contributed by atoms with van der Waals surface area (Å²) < 4.78 is 41.5. The highest BCUT2D eigenvalue weighted by molar-refractivity contribution is 7.89. The quantitative estimate of drug-likeness (QED) is 0.623. The van der Waals surface area contributed by atoms with Crippen LogP contribution in [-0.2, 0) is 23.1 Å². The first-order valence-corrected chi connectivity index (χ1v) is 10.5. The van der Waals surface area contributed by atoms with E-state index in [1.165, 1.54) is 18.2 Å². The van der Waals surface area contributed by atoms with Crippen LogP contribution in [0.1, 0.15) is 27.0 Å². The van der Waals surface area contributed by atoms with Crippen LogP contribution in [0.4, 0.5) is 4.39 Å². The predicted octanol–water partition coefficient (Wildman–Crippen LogP) is 3.54. The molecule has 0 heterocycles. The van der Waals surface area contributed by atoms with Gasteiger partial charge in [-0.1, -0.05) is 54.6 Å². The van der Waals surface area contributed by atoms with E-state index in [2.05, 4.69) is 10.0 Å². The predicted molar refractivity (Wildman–Crippen MR) is 109 cm³/mol. The maximum atomic E-state index is 13.7. The third kappa shape index (κ3) is 5.28. The highest BCUT2D eigenvalue weighted by Gasteiger charge is 2.18. The number of sulfonamides is 1. The molecule has 7 heteroatoms. The number of hydrogen-bond acceptors (Lipinski definition) is 3. The molecule has 3 rings (SSSR count). The Bertz CT molecular complexity index is 1120. The van der Waals surface area contributed by atoms with Gasteiger partial charge in [-0.3, -0.25) is 4.79 Å². The average Bonchev–Trinajstić information content (AvgIpc) is 2.72. The Morgan fingerprint density at radius 3 is 2.34 bits per heavy atom. The fourth-order valence-corrected chi connectivity index (χ4v) is 3.83. The van der Waals surface area contributed by atoms with Crippen LogP contribution in [0.3, 0.4) is 0 Å². The Kier molecular flexibility index (Phi) is 6.41. The summed E-state index contributed by atoms with van der Waals surface area (Å²) in [5, 5.41) is 2.64. The SMILES string of the molecule is Cc1ccc(S(=O)(=O)NCc2ccccc2)cc1C(=O)NCc1ccccc1F. The number of rotatable bonds is 7. The van der Waals surface area contributed by atoms with Gasteiger partial charge in [0.25, 0.3) is 5.91 Å². The molecule has 2 N–H and O–H groups in total. The monoisotopic (exact) mass is 412 g/mol. The second-order valence-electron chi connectivity index (χ2n) is 6.56. The third-order valence-corrected chi connectivity index (χ3v) is 5.87. The van der Waals surface area contributed by atoms with E-state index in [0.29, 0.717) is 11.1 Å². The van der Waals surface area contributed by atoms with Crippen LogP contribution in [0, 0.1) is 12.7 Å². The van der Waals surface area contributed by atoms with Crippen molar-refractivity contribution in [2.24, 2.45) is 0 Å². The van der Waals surface area contributed by atoms with Crippen molar-refractivity contribution >= 4 is 15.9 Å². The molecule has 0 aromatic heterocycles. The molecule has 3 aromatic carbocycles. The van der Waals surface area contributed by atoms with Crippen molar-refractivity contribution in [3.8, 4) is 0 Å². The standard InChI is InChI=1S/C22H21FN2O3S/c1-16-11-12-19(29(27,28)25-14-17-7-3-2-4-8-17)13-20(16)22(26)24-15-18-9-5-6-10-21(18)23/h2-13,25H,14-15H2,1H3,(H,24,26). The Morgan fingerprint density at radius 2 is 1.62 bits per heavy atom. The number of nitrogens with one attached hydrogen (secondary N) is 2. The lowest BCUT2D eigenvalue weighted by atomic mass is 10.1. The molecular formula is C22H21FN2O3S. The van der Waals surface area contributed by atoms with E-state index in [0.717, 1.165) is 5.56 Å². The van der Waals surface area contributed by atoms with Crippen molar-refractivity contribution in [2.75, 3.05) is 0 Å². The third-order valence-electron chi connectivity index (χ3n) is 4.47. The van der Waals surface area contributed by atoms with Gasteiger partial charge in [0.1, 0.15) is 5.82 Å². The van der Waals surface area contributed by atoms with E-state index < -0.39 is 21.7 Å². The van der Waals surface area contributed by atoms with Gasteiger partial charge in [-0.25, -0.2) is 17.5 Å². The zero-order valence-electron chi connectivity index (χ0n) is 15.9. The van der Waals surface area contributed by atoms with E-state index >= 15 is 0 Å². The Labute approximate surface area is 169 Å². The van der Waals surface area contributed by atoms with Crippen LogP contribution >= 0.6 is 0 Å². The molecule has 29 heavy (non-hydrogen) atoms. The van der Waals surface area contributed by atoms with Gasteiger partial charge >= 0.3 is 0 Å². The summed E-state index contributed by atoms with van der Waals surface area (Å²) in [4.78, 5) is 12.6. The smallest absolute Gasteiger partial charge is 0.251 e. The van der Waals surface area contributed by atoms with E-state index in [1.54, 1.807) is 31.2 Å². The molecular weight excluding hydrogens is 391 g/mol. The molecule has 0 fully saturated rings. The lowest BCUT2D eigenvalue weighted by Crippen LogP contribution is -2.26. The van der Waals surface area contributed by atoms with Gasteiger partial charge in [0.15, 0.2) is 0 Å². The zero-order chi connectivity index (χ0) is 20.9. The Hall–Kier alpha value is -3.03. The molecule has 0 saturated heterocycles. The minimum atomic E-state index is -3.80. The zero-order valence-corrected chi connectivity index (χ0v) is 16.7. The largest absolute Gasteiger partial charge is 0.348 e. The molecule has 5 nitrogen and oxygen atoms in total. The van der Waals surface area contributed by atoms with E-state index in [1.807, 2.05) is 30.3 Å². The van der Waals surface area contributed by atoms with Crippen LogP contribution < -0.4 is 10.0 Å². The summed E-state index contributed by atoms with van der Waals surface area (Å²) >= 11 is 0. The van der Waals surface area contributed by atoms with Crippen LogP contribution in [-0.4, -0.2) is 14.3 Å². The van der Waals surface area contributed by atoms with Gasteiger partial charge < -0.3 is 5.32 Å². The lowest BCUT2D eigenvalue weighted by Gasteiger charge is -2.12. The van der Waals surface area contributed by atoms with Gasteiger partial charge in [0.05, 0.1) is 4.90 Å². The minimum Gasteiger partial charge on any atom is -0.348 e. The molecule has 0 aliphatic carbocycles. The van der Waals surface area contributed by atoms with Gasteiger partial charge in [0, 0.05) is 24.2 Å². The topological polar surface area (TPSA) is 75.3 Å². The molecule has 0 atom stereocenters. The molecule has 0 spiro atoms. The first kappa shape index (κ1) is 20.7. The van der Waals surface area contributed by atoms with Crippen LogP contribution in [0.2, 0.25) is 0 Å². The molecule has 0 unspecified atom stereocenters. The number of amides is 1. The maximum Gasteiger partial charge on any atom is 0.251 e. The van der Waals surface area contributed by atoms with Crippen LogP contribution in [0.5, 0.6) is 0 Å². The van der Waals surface area contributed by atoms with Crippen molar-refractivity contribution in [1.82, 2.24) is 10.0 Å². The first-order chi connectivity index (χ1) is 13.9. The normalized spacial score (nSPS) is 11.2. The Morgan fingerprint density at radius 1 is 0.931 bits per heavy atom. The van der Waals surface area contributed by atoms with E-state index in [9.17, 15) is 17.6 Å². The van der Waals surface area contributed by atoms with Crippen molar-refractivity contribution in [1.29, 1.82) is 0 Å². The Balaban J connectivity index is 1.74.